The van der Waals surface area contributed by atoms with Crippen molar-refractivity contribution in [2.45, 2.75) is 26.2 Å². The van der Waals surface area contributed by atoms with Crippen LogP contribution < -0.4 is 4.90 Å². The van der Waals surface area contributed by atoms with E-state index in [1.54, 1.807) is 11.0 Å². The smallest absolute Gasteiger partial charge is 0.311 e. The van der Waals surface area contributed by atoms with Crippen LogP contribution in [0.2, 0.25) is 0 Å². The average Bonchev–Trinajstić information content (AvgIpc) is 2.38. The van der Waals surface area contributed by atoms with Crippen molar-refractivity contribution in [1.29, 1.82) is 0 Å². The highest BCUT2D eigenvalue weighted by Crippen LogP contribution is 2.24. The first-order chi connectivity index (χ1) is 8.70. The van der Waals surface area contributed by atoms with E-state index in [1.807, 2.05) is 0 Å². The van der Waals surface area contributed by atoms with Gasteiger partial charge in [-0.2, -0.15) is 0 Å². The van der Waals surface area contributed by atoms with Crippen molar-refractivity contribution in [3.63, 3.8) is 0 Å². The van der Waals surface area contributed by atoms with Gasteiger partial charge in [0.15, 0.2) is 0 Å². The van der Waals surface area contributed by atoms with Gasteiger partial charge in [-0.1, -0.05) is 19.8 Å². The van der Waals surface area contributed by atoms with Gasteiger partial charge in [-0.3, -0.25) is 10.1 Å². The van der Waals surface area contributed by atoms with Crippen LogP contribution in [0, 0.1) is 10.1 Å². The Morgan fingerprint density at radius 3 is 2.83 bits per heavy atom. The van der Waals surface area contributed by atoms with Gasteiger partial charge in [-0.15, -0.1) is 0 Å². The highest BCUT2D eigenvalue weighted by molar-refractivity contribution is 5.57. The second-order valence-electron chi connectivity index (χ2n) is 4.02. The van der Waals surface area contributed by atoms with Crippen molar-refractivity contribution < 1.29 is 10.0 Å². The summed E-state index contributed by atoms with van der Waals surface area (Å²) in [7, 11) is 0. The molecule has 6 heteroatoms. The minimum absolute atomic E-state index is 0.0116. The Bertz CT molecular complexity index is 385. The summed E-state index contributed by atoms with van der Waals surface area (Å²) in [5.74, 6) is 0.340. The fourth-order valence-corrected chi connectivity index (χ4v) is 1.77. The minimum Gasteiger partial charge on any atom is -0.395 e. The van der Waals surface area contributed by atoms with Crippen LogP contribution in [-0.2, 0) is 0 Å². The van der Waals surface area contributed by atoms with E-state index in [9.17, 15) is 10.1 Å². The number of pyridine rings is 1. The predicted molar refractivity (Wildman–Crippen MR) is 69.7 cm³/mol. The van der Waals surface area contributed by atoms with Crippen molar-refractivity contribution in [2.75, 3.05) is 24.6 Å². The maximum absolute atomic E-state index is 10.9. The van der Waals surface area contributed by atoms with Crippen molar-refractivity contribution in [2.24, 2.45) is 0 Å². The van der Waals surface area contributed by atoms with E-state index in [0.717, 1.165) is 19.3 Å². The van der Waals surface area contributed by atoms with Crippen molar-refractivity contribution in [3.05, 3.63) is 28.4 Å². The third-order valence-corrected chi connectivity index (χ3v) is 2.66. The summed E-state index contributed by atoms with van der Waals surface area (Å²) < 4.78 is 0. The molecule has 18 heavy (non-hydrogen) atoms. The molecule has 0 aliphatic heterocycles. The number of hydrogen-bond donors (Lipinski definition) is 1. The molecule has 100 valence electrons. The molecule has 0 aliphatic carbocycles. The summed E-state index contributed by atoms with van der Waals surface area (Å²) in [6.45, 7) is 3.09. The number of aromatic nitrogens is 1. The molecule has 0 aliphatic rings. The van der Waals surface area contributed by atoms with Gasteiger partial charge in [0.2, 0.25) is 5.82 Å². The van der Waals surface area contributed by atoms with Crippen molar-refractivity contribution in [3.8, 4) is 0 Å². The second-order valence-corrected chi connectivity index (χ2v) is 4.02. The molecule has 1 rings (SSSR count). The molecule has 0 spiro atoms. The van der Waals surface area contributed by atoms with Gasteiger partial charge in [0.05, 0.1) is 11.5 Å². The minimum atomic E-state index is -0.438. The zero-order chi connectivity index (χ0) is 13.4. The predicted octanol–water partition coefficient (Wildman–Crippen LogP) is 1.98. The molecule has 0 radical (unpaired) electrons. The monoisotopic (exact) mass is 253 g/mol. The second kappa shape index (κ2) is 7.60. The van der Waals surface area contributed by atoms with E-state index < -0.39 is 4.92 Å². The fourth-order valence-electron chi connectivity index (χ4n) is 1.77. The number of nitrogens with zero attached hydrogens (tertiary/aromatic N) is 3. The molecular weight excluding hydrogens is 234 g/mol. The number of aliphatic hydroxyl groups is 1. The van der Waals surface area contributed by atoms with E-state index in [4.69, 9.17) is 5.11 Å². The molecule has 1 aromatic rings. The lowest BCUT2D eigenvalue weighted by Crippen LogP contribution is -2.29. The molecule has 0 amide bonds. The Morgan fingerprint density at radius 1 is 1.44 bits per heavy atom. The summed E-state index contributed by atoms with van der Waals surface area (Å²) in [4.78, 5) is 16.3. The van der Waals surface area contributed by atoms with Gasteiger partial charge < -0.3 is 10.0 Å². The van der Waals surface area contributed by atoms with E-state index in [2.05, 4.69) is 11.9 Å². The average molecular weight is 253 g/mol. The van der Waals surface area contributed by atoms with Crippen LogP contribution in [0.4, 0.5) is 11.5 Å². The maximum atomic E-state index is 10.9. The molecular formula is C12H19N3O3. The summed E-state index contributed by atoms with van der Waals surface area (Å²) >= 11 is 0. The first-order valence-corrected chi connectivity index (χ1v) is 6.16. The number of rotatable bonds is 8. The van der Waals surface area contributed by atoms with Gasteiger partial charge in [0.1, 0.15) is 0 Å². The third kappa shape index (κ3) is 3.96. The summed E-state index contributed by atoms with van der Waals surface area (Å²) in [5, 5.41) is 20.0. The van der Waals surface area contributed by atoms with Crippen LogP contribution in [0.3, 0.4) is 0 Å². The molecule has 0 saturated carbocycles. The maximum Gasteiger partial charge on any atom is 0.311 e. The molecule has 0 atom stereocenters. The van der Waals surface area contributed by atoms with Gasteiger partial charge in [-0.05, 0) is 12.5 Å². The molecule has 0 aromatic carbocycles. The molecule has 1 N–H and O–H groups in total. The summed E-state index contributed by atoms with van der Waals surface area (Å²) in [6, 6.07) is 2.98. The highest BCUT2D eigenvalue weighted by Gasteiger charge is 2.19. The van der Waals surface area contributed by atoms with Crippen LogP contribution >= 0.6 is 0 Å². The molecule has 6 nitrogen and oxygen atoms in total. The standard InChI is InChI=1S/C12H19N3O3/c1-2-3-4-8-14(9-10-16)12-11(15(17)18)6-5-7-13-12/h5-7,16H,2-4,8-10H2,1H3. The molecule has 1 aromatic heterocycles. The van der Waals surface area contributed by atoms with Crippen LogP contribution in [0.5, 0.6) is 0 Å². The first kappa shape index (κ1) is 14.4. The lowest BCUT2D eigenvalue weighted by atomic mass is 10.2. The van der Waals surface area contributed by atoms with Gasteiger partial charge >= 0.3 is 5.69 Å². The normalized spacial score (nSPS) is 10.3. The molecule has 1 heterocycles. The Balaban J connectivity index is 2.86. The SMILES string of the molecule is CCCCCN(CCO)c1ncccc1[N+](=O)[O-]. The molecule has 0 unspecified atom stereocenters. The lowest BCUT2D eigenvalue weighted by molar-refractivity contribution is -0.384. The van der Waals surface area contributed by atoms with E-state index in [0.29, 0.717) is 18.9 Å². The van der Waals surface area contributed by atoms with E-state index >= 15 is 0 Å². The zero-order valence-electron chi connectivity index (χ0n) is 10.6. The van der Waals surface area contributed by atoms with Crippen LogP contribution in [-0.4, -0.2) is 34.7 Å². The first-order valence-electron chi connectivity index (χ1n) is 6.16. The fraction of sp³-hybridized carbons (Fsp3) is 0.583. The van der Waals surface area contributed by atoms with Crippen LogP contribution in [0.25, 0.3) is 0 Å². The van der Waals surface area contributed by atoms with Crippen molar-refractivity contribution >= 4 is 11.5 Å². The summed E-state index contributed by atoms with van der Waals surface area (Å²) in [5.41, 5.74) is -0.0116. The lowest BCUT2D eigenvalue weighted by Gasteiger charge is -2.22. The zero-order valence-corrected chi connectivity index (χ0v) is 10.6. The Kier molecular flexibility index (Phi) is 6.07. The quantitative estimate of drug-likeness (QED) is 0.435. The third-order valence-electron chi connectivity index (χ3n) is 2.66. The Labute approximate surface area is 106 Å². The number of unbranched alkanes of at least 4 members (excludes halogenated alkanes) is 2. The van der Waals surface area contributed by atoms with Gasteiger partial charge in [-0.25, -0.2) is 4.98 Å². The number of hydrogen-bond acceptors (Lipinski definition) is 5. The Morgan fingerprint density at radius 2 is 2.22 bits per heavy atom. The van der Waals surface area contributed by atoms with Gasteiger partial charge in [0.25, 0.3) is 0 Å². The number of anilines is 1. The molecule has 0 fully saturated rings. The number of aliphatic hydroxyl groups excluding tert-OH is 1. The number of nitro groups is 1. The highest BCUT2D eigenvalue weighted by atomic mass is 16.6. The molecule has 0 saturated heterocycles. The van der Waals surface area contributed by atoms with E-state index in [-0.39, 0.29) is 12.3 Å². The topological polar surface area (TPSA) is 79.5 Å². The van der Waals surface area contributed by atoms with Crippen LogP contribution in [0.15, 0.2) is 18.3 Å². The van der Waals surface area contributed by atoms with Crippen LogP contribution in [0.1, 0.15) is 26.2 Å². The molecule has 0 bridgehead atoms. The largest absolute Gasteiger partial charge is 0.395 e. The summed E-state index contributed by atoms with van der Waals surface area (Å²) in [6.07, 6.45) is 4.61. The van der Waals surface area contributed by atoms with E-state index in [1.165, 1.54) is 12.3 Å². The Hall–Kier alpha value is -1.69. The van der Waals surface area contributed by atoms with Gasteiger partial charge in [0, 0.05) is 25.4 Å². The van der Waals surface area contributed by atoms with Crippen molar-refractivity contribution in [1.82, 2.24) is 4.98 Å².